The Kier molecular flexibility index (Phi) is 4.66. The molecule has 1 atom stereocenters. The molecule has 21 heavy (non-hydrogen) atoms. The third-order valence-electron chi connectivity index (χ3n) is 3.09. The van der Waals surface area contributed by atoms with Gasteiger partial charge in [-0.2, -0.15) is 0 Å². The number of rotatable bonds is 6. The number of hydrogen-bond acceptors (Lipinski definition) is 4. The van der Waals surface area contributed by atoms with E-state index in [9.17, 15) is 15.0 Å². The van der Waals surface area contributed by atoms with Crippen LogP contribution >= 0.6 is 0 Å². The van der Waals surface area contributed by atoms with Crippen molar-refractivity contribution in [1.29, 1.82) is 0 Å². The van der Waals surface area contributed by atoms with Gasteiger partial charge in [-0.1, -0.05) is 24.3 Å². The van der Waals surface area contributed by atoms with Crippen molar-refractivity contribution in [3.63, 3.8) is 0 Å². The van der Waals surface area contributed by atoms with Gasteiger partial charge in [-0.15, -0.1) is 0 Å². The van der Waals surface area contributed by atoms with E-state index in [0.717, 1.165) is 0 Å². The minimum atomic E-state index is -0.990. The van der Waals surface area contributed by atoms with Crippen molar-refractivity contribution in [2.45, 2.75) is 5.92 Å². The lowest BCUT2D eigenvalue weighted by molar-refractivity contribution is -0.139. The van der Waals surface area contributed by atoms with Crippen LogP contribution in [0, 0.1) is 0 Å². The first-order valence-corrected chi connectivity index (χ1v) is 6.39. The molecule has 0 aliphatic heterocycles. The van der Waals surface area contributed by atoms with Gasteiger partial charge in [0, 0.05) is 0 Å². The maximum Gasteiger partial charge on any atom is 0.314 e. The van der Waals surface area contributed by atoms with Crippen LogP contribution in [0.2, 0.25) is 0 Å². The van der Waals surface area contributed by atoms with Crippen LogP contribution in [0.3, 0.4) is 0 Å². The number of hydrogen-bond donors (Lipinski definition) is 2. The van der Waals surface area contributed by atoms with Crippen molar-refractivity contribution in [2.75, 3.05) is 13.7 Å². The first kappa shape index (κ1) is 14.7. The number of methoxy groups -OCH3 is 1. The molecule has 0 radical (unpaired) electrons. The van der Waals surface area contributed by atoms with Crippen molar-refractivity contribution in [3.05, 3.63) is 54.1 Å². The number of phenolic OH excluding ortho intramolecular Hbond substituents is 1. The van der Waals surface area contributed by atoms with Crippen LogP contribution in [0.15, 0.2) is 48.5 Å². The minimum Gasteiger partial charge on any atom is -0.504 e. The van der Waals surface area contributed by atoms with Crippen LogP contribution < -0.4 is 9.47 Å². The Morgan fingerprint density at radius 3 is 2.38 bits per heavy atom. The number of aliphatic carboxylic acids is 1. The van der Waals surface area contributed by atoms with Crippen LogP contribution in [0.25, 0.3) is 0 Å². The molecule has 0 spiro atoms. The standard InChI is InChI=1S/C16H16O5/c1-20-12-8-6-11(7-9-12)13(16(18)19)10-21-15-5-3-2-4-14(15)17/h2-9,13,17H,10H2,1H3,(H,18,19). The number of benzene rings is 2. The van der Waals surface area contributed by atoms with E-state index in [2.05, 4.69) is 0 Å². The van der Waals surface area contributed by atoms with Crippen molar-refractivity contribution in [2.24, 2.45) is 0 Å². The molecule has 0 saturated carbocycles. The smallest absolute Gasteiger partial charge is 0.314 e. The first-order chi connectivity index (χ1) is 10.1. The lowest BCUT2D eigenvalue weighted by Gasteiger charge is -2.15. The van der Waals surface area contributed by atoms with Gasteiger partial charge in [0.15, 0.2) is 11.5 Å². The summed E-state index contributed by atoms with van der Waals surface area (Å²) in [5, 5.41) is 18.9. The van der Waals surface area contributed by atoms with Gasteiger partial charge in [0.1, 0.15) is 18.3 Å². The van der Waals surface area contributed by atoms with Gasteiger partial charge in [-0.05, 0) is 29.8 Å². The van der Waals surface area contributed by atoms with Gasteiger partial charge in [0.05, 0.1) is 7.11 Å². The van der Waals surface area contributed by atoms with Crippen LogP contribution in [-0.4, -0.2) is 29.9 Å². The molecule has 2 aromatic carbocycles. The van der Waals surface area contributed by atoms with E-state index >= 15 is 0 Å². The van der Waals surface area contributed by atoms with Gasteiger partial charge < -0.3 is 19.7 Å². The predicted octanol–water partition coefficient (Wildman–Crippen LogP) is 2.65. The van der Waals surface area contributed by atoms with Gasteiger partial charge in [0.2, 0.25) is 0 Å². The zero-order valence-electron chi connectivity index (χ0n) is 11.5. The Hall–Kier alpha value is -2.69. The molecular weight excluding hydrogens is 272 g/mol. The molecule has 110 valence electrons. The van der Waals surface area contributed by atoms with Gasteiger partial charge >= 0.3 is 5.97 Å². The number of carbonyl (C=O) groups is 1. The number of aromatic hydroxyl groups is 1. The lowest BCUT2D eigenvalue weighted by Crippen LogP contribution is -2.19. The van der Waals surface area contributed by atoms with Crippen molar-refractivity contribution in [1.82, 2.24) is 0 Å². The zero-order valence-corrected chi connectivity index (χ0v) is 11.5. The fourth-order valence-corrected chi connectivity index (χ4v) is 1.90. The third-order valence-corrected chi connectivity index (χ3v) is 3.09. The summed E-state index contributed by atoms with van der Waals surface area (Å²) in [6, 6.07) is 13.2. The summed E-state index contributed by atoms with van der Waals surface area (Å²) in [4.78, 5) is 11.4. The summed E-state index contributed by atoms with van der Waals surface area (Å²) in [5.41, 5.74) is 0.610. The highest BCUT2D eigenvalue weighted by molar-refractivity contribution is 5.76. The fourth-order valence-electron chi connectivity index (χ4n) is 1.90. The summed E-state index contributed by atoms with van der Waals surface area (Å²) in [5.74, 6) is -0.913. The molecule has 5 nitrogen and oxygen atoms in total. The van der Waals surface area contributed by atoms with Crippen LogP contribution in [0.1, 0.15) is 11.5 Å². The van der Waals surface area contributed by atoms with Crippen LogP contribution in [0.5, 0.6) is 17.2 Å². The normalized spacial score (nSPS) is 11.7. The molecule has 5 heteroatoms. The van der Waals surface area contributed by atoms with Gasteiger partial charge in [-0.25, -0.2) is 0 Å². The van der Waals surface area contributed by atoms with E-state index in [-0.39, 0.29) is 18.1 Å². The molecule has 0 aliphatic rings. The average molecular weight is 288 g/mol. The van der Waals surface area contributed by atoms with Gasteiger partial charge in [0.25, 0.3) is 0 Å². The number of para-hydroxylation sites is 2. The molecule has 0 saturated heterocycles. The largest absolute Gasteiger partial charge is 0.504 e. The average Bonchev–Trinajstić information content (AvgIpc) is 2.49. The molecule has 0 aliphatic carbocycles. The SMILES string of the molecule is COc1ccc(C(COc2ccccc2O)C(=O)O)cc1. The van der Waals surface area contributed by atoms with Gasteiger partial charge in [-0.3, -0.25) is 4.79 Å². The highest BCUT2D eigenvalue weighted by Gasteiger charge is 2.21. The van der Waals surface area contributed by atoms with Crippen molar-refractivity contribution in [3.8, 4) is 17.2 Å². The van der Waals surface area contributed by atoms with Crippen molar-refractivity contribution < 1.29 is 24.5 Å². The van der Waals surface area contributed by atoms with E-state index in [4.69, 9.17) is 9.47 Å². The number of carboxylic acid groups (broad SMARTS) is 1. The molecular formula is C16H16O5. The van der Waals surface area contributed by atoms with Crippen molar-refractivity contribution >= 4 is 5.97 Å². The van der Waals surface area contributed by atoms with E-state index in [1.165, 1.54) is 6.07 Å². The zero-order chi connectivity index (χ0) is 15.2. The Morgan fingerprint density at radius 2 is 1.81 bits per heavy atom. The Bertz CT molecular complexity index is 606. The second kappa shape index (κ2) is 6.65. The molecule has 0 bridgehead atoms. The topological polar surface area (TPSA) is 76.0 Å². The summed E-state index contributed by atoms with van der Waals surface area (Å²) in [7, 11) is 1.55. The predicted molar refractivity (Wildman–Crippen MR) is 77.0 cm³/mol. The van der Waals surface area contributed by atoms with E-state index < -0.39 is 11.9 Å². The number of ether oxygens (including phenoxy) is 2. The molecule has 1 unspecified atom stereocenters. The van der Waals surface area contributed by atoms with E-state index in [1.807, 2.05) is 0 Å². The lowest BCUT2D eigenvalue weighted by atomic mass is 10.0. The molecule has 0 heterocycles. The molecule has 0 fully saturated rings. The summed E-state index contributed by atoms with van der Waals surface area (Å²) < 4.78 is 10.5. The molecule has 0 amide bonds. The molecule has 2 N–H and O–H groups in total. The highest BCUT2D eigenvalue weighted by Crippen LogP contribution is 2.27. The summed E-state index contributed by atoms with van der Waals surface area (Å²) in [6.07, 6.45) is 0. The summed E-state index contributed by atoms with van der Waals surface area (Å²) >= 11 is 0. The first-order valence-electron chi connectivity index (χ1n) is 6.39. The number of carboxylic acids is 1. The Labute approximate surface area is 122 Å². The number of phenols is 1. The molecule has 0 aromatic heterocycles. The Balaban J connectivity index is 2.12. The second-order valence-electron chi connectivity index (χ2n) is 4.44. The highest BCUT2D eigenvalue weighted by atomic mass is 16.5. The molecule has 2 rings (SSSR count). The maximum absolute atomic E-state index is 11.4. The fraction of sp³-hybridized carbons (Fsp3) is 0.188. The van der Waals surface area contributed by atoms with E-state index in [1.54, 1.807) is 49.6 Å². The Morgan fingerprint density at radius 1 is 1.14 bits per heavy atom. The molecule has 2 aromatic rings. The summed E-state index contributed by atoms with van der Waals surface area (Å²) in [6.45, 7) is -0.0702. The maximum atomic E-state index is 11.4. The van der Waals surface area contributed by atoms with Crippen LogP contribution in [-0.2, 0) is 4.79 Å². The van der Waals surface area contributed by atoms with Crippen LogP contribution in [0.4, 0.5) is 0 Å². The monoisotopic (exact) mass is 288 g/mol. The van der Waals surface area contributed by atoms with E-state index in [0.29, 0.717) is 11.3 Å². The second-order valence-corrected chi connectivity index (χ2v) is 4.44. The minimum absolute atomic E-state index is 0.0173. The quantitative estimate of drug-likeness (QED) is 0.854. The third kappa shape index (κ3) is 3.66.